The number of para-hydroxylation sites is 1. The Hall–Kier alpha value is -2.11. The molecule has 0 spiro atoms. The van der Waals surface area contributed by atoms with E-state index >= 15 is 0 Å². The van der Waals surface area contributed by atoms with E-state index in [1.807, 2.05) is 24.3 Å². The highest BCUT2D eigenvalue weighted by molar-refractivity contribution is 9.10. The zero-order chi connectivity index (χ0) is 15.5. The van der Waals surface area contributed by atoms with Crippen LogP contribution >= 0.6 is 27.5 Å². The van der Waals surface area contributed by atoms with Gasteiger partial charge in [-0.15, -0.1) is 0 Å². The van der Waals surface area contributed by atoms with Crippen molar-refractivity contribution in [2.45, 2.75) is 0 Å². The molecule has 0 bridgehead atoms. The summed E-state index contributed by atoms with van der Waals surface area (Å²) in [5.74, 6) is 0.242. The highest BCUT2D eigenvalue weighted by atomic mass is 79.9. The lowest BCUT2D eigenvalue weighted by molar-refractivity contribution is -0.103. The van der Waals surface area contributed by atoms with E-state index in [0.717, 1.165) is 10.2 Å². The molecule has 1 N–H and O–H groups in total. The van der Waals surface area contributed by atoms with Gasteiger partial charge in [-0.3, -0.25) is 4.79 Å². The molecule has 0 fully saturated rings. The highest BCUT2D eigenvalue weighted by Gasteiger charge is 2.11. The third-order valence-electron chi connectivity index (χ3n) is 2.98. The number of aldehydes is 1. The largest absolute Gasteiger partial charge is 0.436 e. The lowest BCUT2D eigenvalue weighted by atomic mass is 10.3. The third-order valence-corrected chi connectivity index (χ3v) is 3.91. The van der Waals surface area contributed by atoms with Gasteiger partial charge in [0.1, 0.15) is 5.52 Å². The van der Waals surface area contributed by atoms with Crippen LogP contribution in [0, 0.1) is 0 Å². The van der Waals surface area contributed by atoms with E-state index in [0.29, 0.717) is 28.0 Å². The first-order chi connectivity index (χ1) is 10.7. The van der Waals surface area contributed by atoms with Crippen molar-refractivity contribution < 1.29 is 9.21 Å². The van der Waals surface area contributed by atoms with Crippen molar-refractivity contribution in [3.05, 3.63) is 64.1 Å². The Morgan fingerprint density at radius 2 is 2.09 bits per heavy atom. The Bertz CT molecular complexity index is 873. The van der Waals surface area contributed by atoms with Gasteiger partial charge in [0, 0.05) is 15.7 Å². The normalized spacial score (nSPS) is 11.6. The zero-order valence-corrected chi connectivity index (χ0v) is 13.6. The van der Waals surface area contributed by atoms with E-state index in [2.05, 4.69) is 26.2 Å². The van der Waals surface area contributed by atoms with Gasteiger partial charge < -0.3 is 9.73 Å². The smallest absolute Gasteiger partial charge is 0.232 e. The number of carbonyl (C=O) groups excluding carboxylic acids is 1. The molecule has 0 aliphatic heterocycles. The molecule has 1 aromatic heterocycles. The number of nitrogens with one attached hydrogen (secondary N) is 1. The summed E-state index contributed by atoms with van der Waals surface area (Å²) in [5, 5.41) is 3.62. The first kappa shape index (κ1) is 14.8. The zero-order valence-electron chi connectivity index (χ0n) is 11.2. The summed E-state index contributed by atoms with van der Waals surface area (Å²) in [6, 6.07) is 12.7. The molecule has 0 aliphatic rings. The maximum Gasteiger partial charge on any atom is 0.232 e. The van der Waals surface area contributed by atoms with Crippen LogP contribution in [0.2, 0.25) is 5.02 Å². The molecule has 2 aromatic carbocycles. The van der Waals surface area contributed by atoms with Crippen LogP contribution in [0.3, 0.4) is 0 Å². The first-order valence-electron chi connectivity index (χ1n) is 6.40. The van der Waals surface area contributed by atoms with Gasteiger partial charge in [-0.05, 0) is 46.3 Å². The molecule has 0 saturated heterocycles. The fourth-order valence-electron chi connectivity index (χ4n) is 1.90. The summed E-state index contributed by atoms with van der Waals surface area (Å²) >= 11 is 9.34. The molecule has 22 heavy (non-hydrogen) atoms. The van der Waals surface area contributed by atoms with Gasteiger partial charge in [0.25, 0.3) is 0 Å². The van der Waals surface area contributed by atoms with Gasteiger partial charge in [-0.2, -0.15) is 0 Å². The fraction of sp³-hybridized carbons (Fsp3) is 0. The second-order valence-corrected chi connectivity index (χ2v) is 5.76. The number of nitrogens with zero attached hydrogens (tertiary/aromatic N) is 1. The number of hydrogen-bond donors (Lipinski definition) is 1. The van der Waals surface area contributed by atoms with Crippen molar-refractivity contribution in [3.8, 4) is 0 Å². The number of allylic oxidation sites excluding steroid dienone is 1. The van der Waals surface area contributed by atoms with E-state index < -0.39 is 0 Å². The monoisotopic (exact) mass is 376 g/mol. The topological polar surface area (TPSA) is 55.1 Å². The molecule has 4 nitrogen and oxygen atoms in total. The number of oxazole rings is 1. The number of aromatic nitrogens is 1. The van der Waals surface area contributed by atoms with Crippen LogP contribution in [0.4, 0.5) is 5.69 Å². The van der Waals surface area contributed by atoms with Gasteiger partial charge in [0.2, 0.25) is 5.89 Å². The lowest BCUT2D eigenvalue weighted by Gasteiger charge is -2.03. The third kappa shape index (κ3) is 3.05. The maximum atomic E-state index is 11.3. The average Bonchev–Trinajstić information content (AvgIpc) is 2.92. The Labute approximate surface area is 139 Å². The van der Waals surface area contributed by atoms with Crippen molar-refractivity contribution in [3.63, 3.8) is 0 Å². The van der Waals surface area contributed by atoms with Crippen molar-refractivity contribution in [1.29, 1.82) is 0 Å². The summed E-state index contributed by atoms with van der Waals surface area (Å²) < 4.78 is 6.46. The lowest BCUT2D eigenvalue weighted by Crippen LogP contribution is -1.94. The SMILES string of the molecule is O=C/C(=C\Nc1ccccc1Br)c1nc2cc(Cl)ccc2o1. The van der Waals surface area contributed by atoms with Gasteiger partial charge in [-0.25, -0.2) is 4.98 Å². The number of rotatable bonds is 4. The average molecular weight is 378 g/mol. The van der Waals surface area contributed by atoms with E-state index in [9.17, 15) is 4.79 Å². The molecule has 1 heterocycles. The second kappa shape index (κ2) is 6.34. The number of anilines is 1. The number of carbonyl (C=O) groups is 1. The standard InChI is InChI=1S/C16H10BrClN2O2/c17-12-3-1-2-4-13(12)19-8-10(9-21)16-20-14-7-11(18)5-6-15(14)22-16/h1-9,19H/b10-8+. The van der Waals surface area contributed by atoms with Gasteiger partial charge in [0.15, 0.2) is 11.9 Å². The number of halogens is 2. The predicted octanol–water partition coefficient (Wildman–Crippen LogP) is 4.90. The summed E-state index contributed by atoms with van der Waals surface area (Å²) in [7, 11) is 0. The minimum absolute atomic E-state index is 0.242. The number of benzene rings is 2. The maximum absolute atomic E-state index is 11.3. The molecule has 3 rings (SSSR count). The molecular formula is C16H10BrClN2O2. The van der Waals surface area contributed by atoms with Crippen LogP contribution in [-0.4, -0.2) is 11.3 Å². The molecule has 0 amide bonds. The summed E-state index contributed by atoms with van der Waals surface area (Å²) in [6.45, 7) is 0. The number of hydrogen-bond acceptors (Lipinski definition) is 4. The van der Waals surface area contributed by atoms with Crippen LogP contribution < -0.4 is 5.32 Å². The quantitative estimate of drug-likeness (QED) is 0.519. The minimum atomic E-state index is 0.242. The fourth-order valence-corrected chi connectivity index (χ4v) is 2.47. The van der Waals surface area contributed by atoms with Crippen molar-refractivity contribution >= 4 is 56.2 Å². The Morgan fingerprint density at radius 1 is 1.27 bits per heavy atom. The van der Waals surface area contributed by atoms with E-state index in [4.69, 9.17) is 16.0 Å². The molecule has 0 unspecified atom stereocenters. The van der Waals surface area contributed by atoms with Crippen LogP contribution in [0.25, 0.3) is 16.7 Å². The van der Waals surface area contributed by atoms with E-state index in [1.165, 1.54) is 0 Å². The minimum Gasteiger partial charge on any atom is -0.436 e. The second-order valence-electron chi connectivity index (χ2n) is 4.47. The van der Waals surface area contributed by atoms with Crippen LogP contribution in [0.15, 0.2) is 57.6 Å². The van der Waals surface area contributed by atoms with Gasteiger partial charge >= 0.3 is 0 Å². The Morgan fingerprint density at radius 3 is 2.86 bits per heavy atom. The molecule has 110 valence electrons. The van der Waals surface area contributed by atoms with Crippen LogP contribution in [0.1, 0.15) is 5.89 Å². The predicted molar refractivity (Wildman–Crippen MR) is 90.8 cm³/mol. The van der Waals surface area contributed by atoms with Crippen molar-refractivity contribution in [2.75, 3.05) is 5.32 Å². The Kier molecular flexibility index (Phi) is 4.27. The summed E-state index contributed by atoms with van der Waals surface area (Å²) in [6.07, 6.45) is 2.25. The molecule has 0 saturated carbocycles. The van der Waals surface area contributed by atoms with Crippen LogP contribution in [-0.2, 0) is 4.79 Å². The molecule has 0 aliphatic carbocycles. The molecule has 0 radical (unpaired) electrons. The van der Waals surface area contributed by atoms with E-state index in [-0.39, 0.29) is 5.89 Å². The van der Waals surface area contributed by atoms with Gasteiger partial charge in [-0.1, -0.05) is 23.7 Å². The highest BCUT2D eigenvalue weighted by Crippen LogP contribution is 2.25. The van der Waals surface area contributed by atoms with Gasteiger partial charge in [0.05, 0.1) is 11.3 Å². The molecule has 6 heteroatoms. The van der Waals surface area contributed by atoms with E-state index in [1.54, 1.807) is 24.4 Å². The summed E-state index contributed by atoms with van der Waals surface area (Å²) in [5.41, 5.74) is 2.33. The van der Waals surface area contributed by atoms with Crippen molar-refractivity contribution in [2.24, 2.45) is 0 Å². The molecule has 0 atom stereocenters. The first-order valence-corrected chi connectivity index (χ1v) is 7.57. The number of fused-ring (bicyclic) bond motifs is 1. The molecular weight excluding hydrogens is 368 g/mol. The molecule has 3 aromatic rings. The summed E-state index contributed by atoms with van der Waals surface area (Å²) in [4.78, 5) is 15.6. The van der Waals surface area contributed by atoms with Crippen molar-refractivity contribution in [1.82, 2.24) is 4.98 Å². The van der Waals surface area contributed by atoms with Crippen LogP contribution in [0.5, 0.6) is 0 Å². The Balaban J connectivity index is 1.93.